The summed E-state index contributed by atoms with van der Waals surface area (Å²) in [7, 11) is 0. The number of nitrogens with zero attached hydrogens (tertiary/aromatic N) is 1. The minimum atomic E-state index is -4.34. The maximum absolute atomic E-state index is 12.6. The molecule has 90 valence electrons. The first-order valence-corrected chi connectivity index (χ1v) is 5.07. The van der Waals surface area contributed by atoms with E-state index in [0.717, 1.165) is 12.1 Å². The normalized spacial score (nSPS) is 16.4. The number of nitrogens with two attached hydrogens (primary N) is 1. The summed E-state index contributed by atoms with van der Waals surface area (Å²) in [5, 5.41) is 0. The van der Waals surface area contributed by atoms with Gasteiger partial charge >= 0.3 is 6.18 Å². The van der Waals surface area contributed by atoms with Gasteiger partial charge in [0, 0.05) is 17.0 Å². The fourth-order valence-corrected chi connectivity index (χ4v) is 1.84. The molecule has 2 N–H and O–H groups in total. The summed E-state index contributed by atoms with van der Waals surface area (Å²) in [6.07, 6.45) is -4.34. The van der Waals surface area contributed by atoms with Crippen LogP contribution < -0.4 is 5.73 Å². The summed E-state index contributed by atoms with van der Waals surface area (Å²) in [4.78, 5) is 4.10. The Hall–Kier alpha value is -1.78. The molecular formula is C12H11F3N2. The van der Waals surface area contributed by atoms with E-state index in [1.54, 1.807) is 13.0 Å². The molecule has 5 heteroatoms. The third-order valence-electron chi connectivity index (χ3n) is 2.65. The van der Waals surface area contributed by atoms with E-state index in [0.29, 0.717) is 29.1 Å². The summed E-state index contributed by atoms with van der Waals surface area (Å²) in [5.74, 6) is 0. The second kappa shape index (κ2) is 3.91. The monoisotopic (exact) mass is 240 g/mol. The first kappa shape index (κ1) is 11.7. The van der Waals surface area contributed by atoms with Crippen molar-refractivity contribution in [3.8, 4) is 0 Å². The third-order valence-corrected chi connectivity index (χ3v) is 2.65. The van der Waals surface area contributed by atoms with Crippen molar-refractivity contribution in [2.24, 2.45) is 10.7 Å². The van der Waals surface area contributed by atoms with Gasteiger partial charge in [0.05, 0.1) is 12.1 Å². The number of halogens is 3. The number of allylic oxidation sites excluding steroid dienone is 1. The molecule has 0 unspecified atom stereocenters. The topological polar surface area (TPSA) is 38.4 Å². The molecule has 1 heterocycles. The molecule has 0 fully saturated rings. The zero-order valence-corrected chi connectivity index (χ0v) is 9.17. The van der Waals surface area contributed by atoms with E-state index in [9.17, 15) is 13.2 Å². The number of alkyl halides is 3. The molecule has 0 aromatic heterocycles. The Bertz CT molecular complexity index is 513. The Morgan fingerprint density at radius 1 is 1.29 bits per heavy atom. The van der Waals surface area contributed by atoms with Gasteiger partial charge in [0.1, 0.15) is 0 Å². The number of rotatable bonds is 1. The fourth-order valence-electron chi connectivity index (χ4n) is 1.84. The molecule has 0 saturated carbocycles. The third kappa shape index (κ3) is 2.18. The van der Waals surface area contributed by atoms with Crippen molar-refractivity contribution >= 4 is 11.3 Å². The van der Waals surface area contributed by atoms with Crippen molar-refractivity contribution in [3.05, 3.63) is 41.1 Å². The lowest BCUT2D eigenvalue weighted by Crippen LogP contribution is -2.07. The van der Waals surface area contributed by atoms with Crippen molar-refractivity contribution in [2.75, 3.05) is 6.54 Å². The first-order chi connectivity index (χ1) is 7.89. The van der Waals surface area contributed by atoms with Crippen LogP contribution in [-0.4, -0.2) is 12.3 Å². The molecule has 2 rings (SSSR count). The molecule has 1 aromatic rings. The van der Waals surface area contributed by atoms with E-state index in [2.05, 4.69) is 4.99 Å². The predicted molar refractivity (Wildman–Crippen MR) is 60.5 cm³/mol. The Labute approximate surface area is 96.7 Å². The Balaban J connectivity index is 2.48. The van der Waals surface area contributed by atoms with Crippen LogP contribution in [0.5, 0.6) is 0 Å². The van der Waals surface area contributed by atoms with Crippen LogP contribution in [0.25, 0.3) is 5.57 Å². The molecule has 0 aliphatic carbocycles. The quantitative estimate of drug-likeness (QED) is 0.805. The van der Waals surface area contributed by atoms with Gasteiger partial charge in [0.25, 0.3) is 0 Å². The van der Waals surface area contributed by atoms with E-state index in [4.69, 9.17) is 5.73 Å². The van der Waals surface area contributed by atoms with Crippen LogP contribution in [0.2, 0.25) is 0 Å². The molecule has 1 aliphatic rings. The summed E-state index contributed by atoms with van der Waals surface area (Å²) in [6, 6.07) is 5.14. The highest BCUT2D eigenvalue weighted by Gasteiger charge is 2.31. The van der Waals surface area contributed by atoms with Gasteiger partial charge < -0.3 is 5.73 Å². The van der Waals surface area contributed by atoms with Crippen LogP contribution in [0.1, 0.15) is 18.1 Å². The average Bonchev–Trinajstić information content (AvgIpc) is 2.57. The molecule has 1 aliphatic heterocycles. The molecular weight excluding hydrogens is 229 g/mol. The summed E-state index contributed by atoms with van der Waals surface area (Å²) < 4.78 is 37.7. The lowest BCUT2D eigenvalue weighted by atomic mass is 9.99. The summed E-state index contributed by atoms with van der Waals surface area (Å²) >= 11 is 0. The molecule has 0 bridgehead atoms. The second-order valence-corrected chi connectivity index (χ2v) is 3.88. The first-order valence-electron chi connectivity index (χ1n) is 5.07. The zero-order chi connectivity index (χ0) is 12.6. The lowest BCUT2D eigenvalue weighted by Gasteiger charge is -2.10. The molecule has 0 saturated heterocycles. The standard InChI is InChI=1S/C12H11F3N2/c1-7-11(10(16)6-17-7)8-3-2-4-9(5-8)12(13,14)15/h2-5H,6,16H2,1H3. The van der Waals surface area contributed by atoms with E-state index < -0.39 is 11.7 Å². The van der Waals surface area contributed by atoms with Crippen molar-refractivity contribution in [1.82, 2.24) is 0 Å². The smallest absolute Gasteiger partial charge is 0.400 e. The maximum Gasteiger partial charge on any atom is 0.416 e. The van der Waals surface area contributed by atoms with Gasteiger partial charge in [-0.3, -0.25) is 4.99 Å². The number of benzene rings is 1. The average molecular weight is 240 g/mol. The van der Waals surface area contributed by atoms with Crippen molar-refractivity contribution in [2.45, 2.75) is 13.1 Å². The summed E-state index contributed by atoms with van der Waals surface area (Å²) in [6.45, 7) is 2.10. The second-order valence-electron chi connectivity index (χ2n) is 3.88. The van der Waals surface area contributed by atoms with Gasteiger partial charge in [-0.15, -0.1) is 0 Å². The van der Waals surface area contributed by atoms with Crippen LogP contribution in [0.15, 0.2) is 35.0 Å². The molecule has 0 radical (unpaired) electrons. The molecule has 1 aromatic carbocycles. The van der Waals surface area contributed by atoms with E-state index in [1.807, 2.05) is 0 Å². The Morgan fingerprint density at radius 3 is 2.53 bits per heavy atom. The Morgan fingerprint density at radius 2 is 2.00 bits per heavy atom. The van der Waals surface area contributed by atoms with E-state index >= 15 is 0 Å². The number of aliphatic imine (C=N–C) groups is 1. The van der Waals surface area contributed by atoms with Crippen molar-refractivity contribution < 1.29 is 13.2 Å². The van der Waals surface area contributed by atoms with E-state index in [-0.39, 0.29) is 0 Å². The maximum atomic E-state index is 12.6. The highest BCUT2D eigenvalue weighted by molar-refractivity contribution is 6.25. The SMILES string of the molecule is CC1=NCC(N)=C1c1cccc(C(F)(F)F)c1. The minimum absolute atomic E-state index is 0.359. The zero-order valence-electron chi connectivity index (χ0n) is 9.17. The minimum Gasteiger partial charge on any atom is -0.400 e. The van der Waals surface area contributed by atoms with Crippen LogP contribution in [0, 0.1) is 0 Å². The molecule has 0 atom stereocenters. The van der Waals surface area contributed by atoms with Crippen LogP contribution in [-0.2, 0) is 6.18 Å². The van der Waals surface area contributed by atoms with Gasteiger partial charge in [-0.05, 0) is 24.6 Å². The molecule has 17 heavy (non-hydrogen) atoms. The lowest BCUT2D eigenvalue weighted by molar-refractivity contribution is -0.137. The molecule has 2 nitrogen and oxygen atoms in total. The highest BCUT2D eigenvalue weighted by Crippen LogP contribution is 2.32. The Kier molecular flexibility index (Phi) is 2.69. The van der Waals surface area contributed by atoms with Gasteiger partial charge in [0.2, 0.25) is 0 Å². The van der Waals surface area contributed by atoms with Gasteiger partial charge in [-0.1, -0.05) is 12.1 Å². The van der Waals surface area contributed by atoms with Gasteiger partial charge in [-0.2, -0.15) is 13.2 Å². The van der Waals surface area contributed by atoms with Gasteiger partial charge in [0.15, 0.2) is 0 Å². The van der Waals surface area contributed by atoms with E-state index in [1.165, 1.54) is 6.07 Å². The van der Waals surface area contributed by atoms with Gasteiger partial charge in [-0.25, -0.2) is 0 Å². The van der Waals surface area contributed by atoms with Crippen molar-refractivity contribution in [3.63, 3.8) is 0 Å². The number of hydrogen-bond acceptors (Lipinski definition) is 2. The molecule has 0 amide bonds. The number of hydrogen-bond donors (Lipinski definition) is 1. The highest BCUT2D eigenvalue weighted by atomic mass is 19.4. The fraction of sp³-hybridized carbons (Fsp3) is 0.250. The van der Waals surface area contributed by atoms with Crippen LogP contribution in [0.4, 0.5) is 13.2 Å². The van der Waals surface area contributed by atoms with Crippen molar-refractivity contribution in [1.29, 1.82) is 0 Å². The van der Waals surface area contributed by atoms with Crippen LogP contribution in [0.3, 0.4) is 0 Å². The summed E-state index contributed by atoms with van der Waals surface area (Å²) in [5.41, 5.74) is 7.36. The molecule has 0 spiro atoms. The largest absolute Gasteiger partial charge is 0.416 e. The predicted octanol–water partition coefficient (Wildman–Crippen LogP) is 2.85. The van der Waals surface area contributed by atoms with Crippen LogP contribution >= 0.6 is 0 Å².